The monoisotopic (exact) mass is 264 g/mol. The lowest BCUT2D eigenvalue weighted by atomic mass is 10.2. The van der Waals surface area contributed by atoms with E-state index in [1.54, 1.807) is 18.9 Å². The number of likely N-dealkylation sites (N-methyl/N-ethyl adjacent to an activating group) is 1. The van der Waals surface area contributed by atoms with Gasteiger partial charge >= 0.3 is 0 Å². The second-order valence-corrected chi connectivity index (χ2v) is 4.06. The molecule has 6 nitrogen and oxygen atoms in total. The van der Waals surface area contributed by atoms with E-state index in [0.717, 1.165) is 13.1 Å². The lowest BCUT2D eigenvalue weighted by Crippen LogP contribution is -2.53. The molecule has 0 bridgehead atoms. The molecule has 1 fully saturated rings. The molecule has 1 atom stereocenters. The molecule has 0 aromatic heterocycles. The van der Waals surface area contributed by atoms with E-state index < -0.39 is 6.04 Å². The Kier molecular flexibility index (Phi) is 7.10. The van der Waals surface area contributed by atoms with E-state index in [0.29, 0.717) is 19.6 Å². The first-order valence-electron chi connectivity index (χ1n) is 5.52. The minimum Gasteiger partial charge on any atom is -0.358 e. The van der Waals surface area contributed by atoms with Gasteiger partial charge in [0.2, 0.25) is 11.8 Å². The van der Waals surface area contributed by atoms with Gasteiger partial charge in [-0.15, -0.1) is 12.4 Å². The van der Waals surface area contributed by atoms with Gasteiger partial charge in [-0.25, -0.2) is 0 Å². The lowest BCUT2D eigenvalue weighted by Gasteiger charge is -2.35. The smallest absolute Gasteiger partial charge is 0.239 e. The number of nitrogens with two attached hydrogens (primary N) is 1. The highest BCUT2D eigenvalue weighted by molar-refractivity contribution is 5.85. The first-order valence-corrected chi connectivity index (χ1v) is 5.52. The van der Waals surface area contributed by atoms with E-state index in [1.165, 1.54) is 0 Å². The number of hydrogen-bond acceptors (Lipinski definition) is 4. The van der Waals surface area contributed by atoms with Crippen LogP contribution in [0.15, 0.2) is 0 Å². The molecule has 3 N–H and O–H groups in total. The molecule has 0 aromatic rings. The van der Waals surface area contributed by atoms with Crippen LogP contribution in [0.3, 0.4) is 0 Å². The highest BCUT2D eigenvalue weighted by Crippen LogP contribution is 2.02. The first-order chi connectivity index (χ1) is 7.54. The van der Waals surface area contributed by atoms with Gasteiger partial charge in [0.1, 0.15) is 0 Å². The van der Waals surface area contributed by atoms with Crippen molar-refractivity contribution in [2.45, 2.75) is 13.0 Å². The average Bonchev–Trinajstić information content (AvgIpc) is 2.28. The minimum absolute atomic E-state index is 0. The Morgan fingerprint density at radius 1 is 1.29 bits per heavy atom. The summed E-state index contributed by atoms with van der Waals surface area (Å²) in [5.74, 6) is -0.00781. The number of halogens is 1. The van der Waals surface area contributed by atoms with Crippen LogP contribution in [0.4, 0.5) is 0 Å². The van der Waals surface area contributed by atoms with Crippen molar-refractivity contribution in [3.8, 4) is 0 Å². The number of nitrogens with zero attached hydrogens (tertiary/aromatic N) is 2. The standard InChI is InChI=1S/C10H20N4O2.ClH/c1-8(11)10(16)14-5-3-13(4-6-14)7-9(15)12-2;/h8H,3-7,11H2,1-2H3,(H,12,15);1H/t8-;/m1./s1. The third kappa shape index (κ3) is 4.89. The van der Waals surface area contributed by atoms with Crippen LogP contribution in [0.1, 0.15) is 6.92 Å². The normalized spacial score (nSPS) is 18.2. The summed E-state index contributed by atoms with van der Waals surface area (Å²) in [7, 11) is 1.62. The second-order valence-electron chi connectivity index (χ2n) is 4.06. The zero-order valence-corrected chi connectivity index (χ0v) is 11.1. The molecule has 0 spiro atoms. The van der Waals surface area contributed by atoms with Crippen LogP contribution in [0.2, 0.25) is 0 Å². The van der Waals surface area contributed by atoms with Crippen LogP contribution in [-0.4, -0.2) is 67.4 Å². The Morgan fingerprint density at radius 3 is 2.24 bits per heavy atom. The second kappa shape index (κ2) is 7.47. The van der Waals surface area contributed by atoms with E-state index in [-0.39, 0.29) is 24.2 Å². The molecule has 0 unspecified atom stereocenters. The molecule has 0 radical (unpaired) electrons. The zero-order chi connectivity index (χ0) is 12.1. The van der Waals surface area contributed by atoms with Crippen molar-refractivity contribution in [1.29, 1.82) is 0 Å². The average molecular weight is 265 g/mol. The summed E-state index contributed by atoms with van der Waals surface area (Å²) >= 11 is 0. The molecule has 100 valence electrons. The van der Waals surface area contributed by atoms with Gasteiger partial charge in [0.25, 0.3) is 0 Å². The maximum Gasteiger partial charge on any atom is 0.239 e. The van der Waals surface area contributed by atoms with Crippen molar-refractivity contribution in [2.75, 3.05) is 39.8 Å². The highest BCUT2D eigenvalue weighted by Gasteiger charge is 2.23. The number of carbonyl (C=O) groups excluding carboxylic acids is 2. The maximum atomic E-state index is 11.6. The summed E-state index contributed by atoms with van der Waals surface area (Å²) < 4.78 is 0. The lowest BCUT2D eigenvalue weighted by molar-refractivity contribution is -0.134. The molecule has 1 rings (SSSR count). The molecule has 2 amide bonds. The number of nitrogens with one attached hydrogen (secondary N) is 1. The van der Waals surface area contributed by atoms with Crippen LogP contribution in [0.25, 0.3) is 0 Å². The van der Waals surface area contributed by atoms with Crippen LogP contribution >= 0.6 is 12.4 Å². The summed E-state index contributed by atoms with van der Waals surface area (Å²) in [6, 6.07) is -0.439. The van der Waals surface area contributed by atoms with Crippen molar-refractivity contribution < 1.29 is 9.59 Å². The molecular weight excluding hydrogens is 244 g/mol. The van der Waals surface area contributed by atoms with Gasteiger partial charge in [-0.2, -0.15) is 0 Å². The fourth-order valence-corrected chi connectivity index (χ4v) is 1.70. The molecule has 17 heavy (non-hydrogen) atoms. The number of carbonyl (C=O) groups is 2. The Labute approximate surface area is 108 Å². The molecular formula is C10H21ClN4O2. The van der Waals surface area contributed by atoms with Crippen LogP contribution in [0.5, 0.6) is 0 Å². The van der Waals surface area contributed by atoms with Crippen molar-refractivity contribution in [1.82, 2.24) is 15.1 Å². The van der Waals surface area contributed by atoms with Crippen LogP contribution < -0.4 is 11.1 Å². The van der Waals surface area contributed by atoms with E-state index >= 15 is 0 Å². The van der Waals surface area contributed by atoms with Crippen molar-refractivity contribution in [3.05, 3.63) is 0 Å². The van der Waals surface area contributed by atoms with E-state index in [2.05, 4.69) is 5.32 Å². The largest absolute Gasteiger partial charge is 0.358 e. The third-order valence-corrected chi connectivity index (χ3v) is 2.72. The van der Waals surface area contributed by atoms with Gasteiger partial charge in [0.15, 0.2) is 0 Å². The number of piperazine rings is 1. The first kappa shape index (κ1) is 16.1. The predicted molar refractivity (Wildman–Crippen MR) is 68.0 cm³/mol. The predicted octanol–water partition coefficient (Wildman–Crippen LogP) is -1.35. The van der Waals surface area contributed by atoms with Gasteiger partial charge in [-0.3, -0.25) is 14.5 Å². The Hall–Kier alpha value is -0.850. The van der Waals surface area contributed by atoms with E-state index in [9.17, 15) is 9.59 Å². The van der Waals surface area contributed by atoms with E-state index in [1.807, 2.05) is 4.90 Å². The number of amides is 2. The Bertz CT molecular complexity index is 265. The van der Waals surface area contributed by atoms with Gasteiger partial charge in [-0.05, 0) is 6.92 Å². The maximum absolute atomic E-state index is 11.6. The van der Waals surface area contributed by atoms with Crippen LogP contribution in [-0.2, 0) is 9.59 Å². The molecule has 1 heterocycles. The third-order valence-electron chi connectivity index (χ3n) is 2.72. The Morgan fingerprint density at radius 2 is 1.82 bits per heavy atom. The Balaban J connectivity index is 0.00000256. The SMILES string of the molecule is CNC(=O)CN1CCN(C(=O)[C@@H](C)N)CC1.Cl. The quantitative estimate of drug-likeness (QED) is 0.660. The molecule has 0 aromatic carbocycles. The summed E-state index contributed by atoms with van der Waals surface area (Å²) in [5.41, 5.74) is 5.53. The van der Waals surface area contributed by atoms with Gasteiger partial charge in [0, 0.05) is 33.2 Å². The summed E-state index contributed by atoms with van der Waals surface area (Å²) in [6.45, 7) is 4.85. The minimum atomic E-state index is -0.439. The molecule has 0 saturated carbocycles. The topological polar surface area (TPSA) is 78.7 Å². The molecule has 1 saturated heterocycles. The molecule has 1 aliphatic heterocycles. The van der Waals surface area contributed by atoms with Crippen molar-refractivity contribution in [2.24, 2.45) is 5.73 Å². The number of hydrogen-bond donors (Lipinski definition) is 2. The van der Waals surface area contributed by atoms with Gasteiger partial charge in [-0.1, -0.05) is 0 Å². The van der Waals surface area contributed by atoms with Crippen molar-refractivity contribution in [3.63, 3.8) is 0 Å². The van der Waals surface area contributed by atoms with E-state index in [4.69, 9.17) is 5.73 Å². The summed E-state index contributed by atoms with van der Waals surface area (Å²) in [5, 5.41) is 2.58. The summed E-state index contributed by atoms with van der Waals surface area (Å²) in [6.07, 6.45) is 0. The summed E-state index contributed by atoms with van der Waals surface area (Å²) in [4.78, 5) is 26.5. The fraction of sp³-hybridized carbons (Fsp3) is 0.800. The van der Waals surface area contributed by atoms with Crippen LogP contribution in [0, 0.1) is 0 Å². The van der Waals surface area contributed by atoms with Crippen molar-refractivity contribution >= 4 is 24.2 Å². The van der Waals surface area contributed by atoms with Gasteiger partial charge < -0.3 is 16.0 Å². The van der Waals surface area contributed by atoms with Gasteiger partial charge in [0.05, 0.1) is 12.6 Å². The fourth-order valence-electron chi connectivity index (χ4n) is 1.70. The molecule has 0 aliphatic carbocycles. The number of rotatable bonds is 3. The zero-order valence-electron chi connectivity index (χ0n) is 10.3. The highest BCUT2D eigenvalue weighted by atomic mass is 35.5. The molecule has 7 heteroatoms. The molecule has 1 aliphatic rings.